The molecule has 4 fully saturated rings. The number of ether oxygens (including phenoxy) is 2. The van der Waals surface area contributed by atoms with Crippen LogP contribution in [0.15, 0.2) is 18.2 Å². The third-order valence-corrected chi connectivity index (χ3v) is 7.25. The Balaban J connectivity index is 1.40. The van der Waals surface area contributed by atoms with Crippen molar-refractivity contribution >= 4 is 13.1 Å². The van der Waals surface area contributed by atoms with Crippen molar-refractivity contribution in [2.45, 2.75) is 71.3 Å². The van der Waals surface area contributed by atoms with Gasteiger partial charge in [0.2, 0.25) is 5.79 Å². The van der Waals surface area contributed by atoms with Crippen LogP contribution >= 0.6 is 0 Å². The molecular formula is C21H27BO5. The number of carbonyl (C=O) groups excluding carboxylic acids is 1. The number of hydrogen-bond acceptors (Lipinski definition) is 5. The molecule has 3 aliphatic carbocycles. The van der Waals surface area contributed by atoms with Crippen molar-refractivity contribution < 1.29 is 23.6 Å². The number of fused-ring (bicyclic) bond motifs is 1. The normalized spacial score (nSPS) is 37.6. The molecule has 0 N–H and O–H groups in total. The molecule has 2 bridgehead atoms. The first kappa shape index (κ1) is 17.6. The van der Waals surface area contributed by atoms with Gasteiger partial charge < -0.3 is 18.8 Å². The van der Waals surface area contributed by atoms with Gasteiger partial charge in [0.15, 0.2) is 0 Å². The largest absolute Gasteiger partial charge is 0.462 e. The van der Waals surface area contributed by atoms with Crippen molar-refractivity contribution in [2.75, 3.05) is 0 Å². The topological polar surface area (TPSA) is 54.0 Å². The molecule has 144 valence electrons. The Morgan fingerprint density at radius 2 is 1.93 bits per heavy atom. The van der Waals surface area contributed by atoms with Crippen molar-refractivity contribution in [3.8, 4) is 5.75 Å². The van der Waals surface area contributed by atoms with Crippen LogP contribution in [0.25, 0.3) is 0 Å². The van der Waals surface area contributed by atoms with Crippen LogP contribution in [0.3, 0.4) is 0 Å². The van der Waals surface area contributed by atoms with Crippen molar-refractivity contribution in [1.82, 2.24) is 0 Å². The Morgan fingerprint density at radius 1 is 1.15 bits per heavy atom. The maximum absolute atomic E-state index is 12.3. The second kappa shape index (κ2) is 5.29. The molecule has 2 aliphatic heterocycles. The number of esters is 1. The minimum atomic E-state index is -0.969. The zero-order chi connectivity index (χ0) is 19.2. The third-order valence-electron chi connectivity index (χ3n) is 7.25. The van der Waals surface area contributed by atoms with Crippen molar-refractivity contribution in [2.24, 2.45) is 17.3 Å². The van der Waals surface area contributed by atoms with Crippen LogP contribution in [0.2, 0.25) is 0 Å². The molecule has 5 nitrogen and oxygen atoms in total. The highest BCUT2D eigenvalue weighted by Gasteiger charge is 2.66. The van der Waals surface area contributed by atoms with Crippen LogP contribution in [-0.4, -0.2) is 30.6 Å². The molecule has 0 amide bonds. The summed E-state index contributed by atoms with van der Waals surface area (Å²) < 4.78 is 24.2. The van der Waals surface area contributed by atoms with Crippen LogP contribution in [-0.2, 0) is 20.4 Å². The van der Waals surface area contributed by atoms with Gasteiger partial charge in [0, 0.05) is 20.2 Å². The SMILES string of the molecule is CC1(C)OC(=O)c2cccc(CB3OC4C5CC(CC4(C)O3)C5(C)C)c2O1. The standard InChI is InChI=1S/C21H27BO5/c1-19(2)13-9-15(19)17-21(5,10-13)27-22(26-17)11-12-7-6-8-14-16(12)24-20(3,4)25-18(14)23/h6-8,13,15,17H,9-11H2,1-5H3. The third kappa shape index (κ3) is 2.49. The number of hydrogen-bond donors (Lipinski definition) is 0. The average Bonchev–Trinajstić information content (AvgIpc) is 2.90. The van der Waals surface area contributed by atoms with Gasteiger partial charge in [-0.2, -0.15) is 0 Å². The van der Waals surface area contributed by atoms with Gasteiger partial charge in [0.1, 0.15) is 11.3 Å². The summed E-state index contributed by atoms with van der Waals surface area (Å²) in [6, 6.07) is 5.58. The van der Waals surface area contributed by atoms with Crippen LogP contribution < -0.4 is 4.74 Å². The zero-order valence-electron chi connectivity index (χ0n) is 16.7. The molecular weight excluding hydrogens is 343 g/mol. The molecule has 2 heterocycles. The highest BCUT2D eigenvalue weighted by molar-refractivity contribution is 6.45. The van der Waals surface area contributed by atoms with Gasteiger partial charge in [0.25, 0.3) is 0 Å². The predicted octanol–water partition coefficient (Wildman–Crippen LogP) is 3.78. The van der Waals surface area contributed by atoms with E-state index in [4.69, 9.17) is 18.8 Å². The quantitative estimate of drug-likeness (QED) is 0.586. The molecule has 1 aromatic carbocycles. The summed E-state index contributed by atoms with van der Waals surface area (Å²) in [5.41, 5.74) is 1.53. The highest BCUT2D eigenvalue weighted by atomic mass is 16.7. The molecule has 4 atom stereocenters. The summed E-state index contributed by atoms with van der Waals surface area (Å²) in [4.78, 5) is 12.3. The van der Waals surface area contributed by atoms with Gasteiger partial charge in [-0.1, -0.05) is 26.0 Å². The van der Waals surface area contributed by atoms with E-state index in [9.17, 15) is 4.79 Å². The molecule has 1 saturated heterocycles. The first-order valence-electron chi connectivity index (χ1n) is 9.97. The Labute approximate surface area is 160 Å². The number of rotatable bonds is 2. The fourth-order valence-corrected chi connectivity index (χ4v) is 5.63. The molecule has 27 heavy (non-hydrogen) atoms. The number of cyclic esters (lactones) is 1. The molecule has 0 radical (unpaired) electrons. The summed E-state index contributed by atoms with van der Waals surface area (Å²) in [6.07, 6.45) is 3.01. The summed E-state index contributed by atoms with van der Waals surface area (Å²) >= 11 is 0. The first-order valence-corrected chi connectivity index (χ1v) is 9.97. The lowest BCUT2D eigenvalue weighted by Crippen LogP contribution is -2.63. The van der Waals surface area contributed by atoms with Gasteiger partial charge >= 0.3 is 13.1 Å². The Hall–Kier alpha value is -1.53. The first-order chi connectivity index (χ1) is 12.6. The van der Waals surface area contributed by atoms with Crippen molar-refractivity contribution in [3.05, 3.63) is 29.3 Å². The molecule has 0 aromatic heterocycles. The summed E-state index contributed by atoms with van der Waals surface area (Å²) in [5, 5.41) is 0. The van der Waals surface area contributed by atoms with Gasteiger partial charge in [-0.05, 0) is 48.6 Å². The van der Waals surface area contributed by atoms with Crippen LogP contribution in [0.5, 0.6) is 5.75 Å². The van der Waals surface area contributed by atoms with Crippen molar-refractivity contribution in [3.63, 3.8) is 0 Å². The number of para-hydroxylation sites is 1. The van der Waals surface area contributed by atoms with E-state index >= 15 is 0 Å². The van der Waals surface area contributed by atoms with Gasteiger partial charge in [-0.3, -0.25) is 0 Å². The van der Waals surface area contributed by atoms with Gasteiger partial charge in [-0.25, -0.2) is 4.79 Å². The fourth-order valence-electron chi connectivity index (χ4n) is 5.63. The fraction of sp³-hybridized carbons (Fsp3) is 0.667. The van der Waals surface area contributed by atoms with E-state index < -0.39 is 5.79 Å². The molecule has 3 saturated carbocycles. The van der Waals surface area contributed by atoms with E-state index in [2.05, 4.69) is 20.8 Å². The van der Waals surface area contributed by atoms with E-state index in [1.54, 1.807) is 19.9 Å². The molecule has 5 aliphatic rings. The molecule has 6 heteroatoms. The molecule has 0 spiro atoms. The smallest absolute Gasteiger partial charge is 0.452 e. The summed E-state index contributed by atoms with van der Waals surface area (Å²) in [6.45, 7) is 10.4. The van der Waals surface area contributed by atoms with Gasteiger partial charge in [0.05, 0.1) is 11.7 Å². The van der Waals surface area contributed by atoms with E-state index in [1.165, 1.54) is 6.42 Å². The van der Waals surface area contributed by atoms with E-state index in [0.29, 0.717) is 29.0 Å². The molecule has 6 rings (SSSR count). The Bertz CT molecular complexity index is 819. The number of benzene rings is 1. The minimum absolute atomic E-state index is 0.143. The molecule has 4 unspecified atom stereocenters. The van der Waals surface area contributed by atoms with E-state index in [1.807, 2.05) is 12.1 Å². The summed E-state index contributed by atoms with van der Waals surface area (Å²) in [5.74, 6) is 0.550. The van der Waals surface area contributed by atoms with Gasteiger partial charge in [-0.15, -0.1) is 0 Å². The Morgan fingerprint density at radius 3 is 2.67 bits per heavy atom. The molecule has 1 aromatic rings. The maximum Gasteiger partial charge on any atom is 0.462 e. The predicted molar refractivity (Wildman–Crippen MR) is 100 cm³/mol. The second-order valence-corrected chi connectivity index (χ2v) is 9.87. The van der Waals surface area contributed by atoms with Crippen LogP contribution in [0.1, 0.15) is 63.4 Å². The Kier molecular flexibility index (Phi) is 3.44. The minimum Gasteiger partial charge on any atom is -0.452 e. The monoisotopic (exact) mass is 370 g/mol. The lowest BCUT2D eigenvalue weighted by molar-refractivity contribution is -0.185. The van der Waals surface area contributed by atoms with E-state index in [0.717, 1.165) is 17.9 Å². The zero-order valence-corrected chi connectivity index (χ0v) is 16.7. The summed E-state index contributed by atoms with van der Waals surface area (Å²) in [7, 11) is -0.314. The highest BCUT2D eigenvalue weighted by Crippen LogP contribution is 2.64. The lowest BCUT2D eigenvalue weighted by Gasteiger charge is -2.63. The van der Waals surface area contributed by atoms with Crippen LogP contribution in [0, 0.1) is 17.3 Å². The van der Waals surface area contributed by atoms with Crippen molar-refractivity contribution in [1.29, 1.82) is 0 Å². The lowest BCUT2D eigenvalue weighted by atomic mass is 9.45. The second-order valence-electron chi connectivity index (χ2n) is 9.87. The average molecular weight is 370 g/mol. The van der Waals surface area contributed by atoms with E-state index in [-0.39, 0.29) is 24.8 Å². The van der Waals surface area contributed by atoms with Crippen LogP contribution in [0.4, 0.5) is 0 Å². The maximum atomic E-state index is 12.3. The number of carbonyl (C=O) groups is 1.